The summed E-state index contributed by atoms with van der Waals surface area (Å²) in [6.45, 7) is 8.35. The molecule has 3 rings (SSSR count). The lowest BCUT2D eigenvalue weighted by molar-refractivity contribution is 0.0327. The van der Waals surface area contributed by atoms with Crippen molar-refractivity contribution in [2.75, 3.05) is 6.54 Å². The highest BCUT2D eigenvalue weighted by Gasteiger charge is 2.35. The molecule has 4 atom stereocenters. The Morgan fingerprint density at radius 3 is 2.80 bits per heavy atom. The minimum atomic E-state index is 0.418. The number of piperidine rings is 1. The van der Waals surface area contributed by atoms with Crippen molar-refractivity contribution in [1.29, 1.82) is 0 Å². The molecule has 0 spiro atoms. The number of likely N-dealkylation sites (tertiary alicyclic amines) is 1. The third-order valence-electron chi connectivity index (χ3n) is 5.46. The number of fused-ring (bicyclic) bond motifs is 1. The van der Waals surface area contributed by atoms with Gasteiger partial charge in [0.1, 0.15) is 5.75 Å². The van der Waals surface area contributed by atoms with E-state index in [0.717, 1.165) is 11.8 Å². The van der Waals surface area contributed by atoms with Crippen LogP contribution >= 0.6 is 0 Å². The molecule has 1 N–H and O–H groups in total. The van der Waals surface area contributed by atoms with Crippen LogP contribution in [0.1, 0.15) is 57.2 Å². The van der Waals surface area contributed by atoms with Gasteiger partial charge >= 0.3 is 0 Å². The van der Waals surface area contributed by atoms with Crippen LogP contribution in [0.15, 0.2) is 18.2 Å². The van der Waals surface area contributed by atoms with Crippen molar-refractivity contribution in [3.05, 3.63) is 29.3 Å². The Morgan fingerprint density at radius 1 is 1.20 bits per heavy atom. The first-order valence-electron chi connectivity index (χ1n) is 8.13. The summed E-state index contributed by atoms with van der Waals surface area (Å²) in [5.74, 6) is 1.96. The summed E-state index contributed by atoms with van der Waals surface area (Å²) in [7, 11) is 0. The average molecular weight is 273 g/mol. The number of aryl methyl sites for hydroxylation is 1. The summed E-state index contributed by atoms with van der Waals surface area (Å²) >= 11 is 0. The van der Waals surface area contributed by atoms with Crippen LogP contribution in [0.2, 0.25) is 0 Å². The first-order chi connectivity index (χ1) is 9.56. The molecule has 0 radical (unpaired) electrons. The second kappa shape index (κ2) is 5.40. The van der Waals surface area contributed by atoms with Gasteiger partial charge in [-0.25, -0.2) is 0 Å². The molecule has 1 fully saturated rings. The molecule has 2 aliphatic rings. The van der Waals surface area contributed by atoms with Crippen LogP contribution in [0.25, 0.3) is 0 Å². The third kappa shape index (κ3) is 2.46. The molecular formula is C18H27NO. The fourth-order valence-corrected chi connectivity index (χ4v) is 4.28. The minimum Gasteiger partial charge on any atom is -0.508 e. The van der Waals surface area contributed by atoms with Gasteiger partial charge in [-0.15, -0.1) is 0 Å². The summed E-state index contributed by atoms with van der Waals surface area (Å²) < 4.78 is 0. The maximum absolute atomic E-state index is 9.86. The topological polar surface area (TPSA) is 23.5 Å². The molecule has 0 aromatic heterocycles. The molecule has 2 nitrogen and oxygen atoms in total. The number of aromatic hydroxyl groups is 1. The van der Waals surface area contributed by atoms with Crippen LogP contribution in [0.4, 0.5) is 0 Å². The highest BCUT2D eigenvalue weighted by atomic mass is 16.3. The quantitative estimate of drug-likeness (QED) is 0.831. The molecule has 1 heterocycles. The number of hydrogen-bond acceptors (Lipinski definition) is 2. The normalized spacial score (nSPS) is 34.8. The smallest absolute Gasteiger partial charge is 0.115 e. The van der Waals surface area contributed by atoms with Gasteiger partial charge in [-0.05, 0) is 67.7 Å². The lowest BCUT2D eigenvalue weighted by atomic mass is 9.80. The molecule has 4 unspecified atom stereocenters. The molecule has 1 aromatic carbocycles. The van der Waals surface area contributed by atoms with Crippen LogP contribution in [-0.4, -0.2) is 22.6 Å². The van der Waals surface area contributed by atoms with E-state index < -0.39 is 0 Å². The van der Waals surface area contributed by atoms with Gasteiger partial charge < -0.3 is 5.11 Å². The SMILES string of the molecule is CC1CC(C)C(C)N(C2CCCc3ccc(O)cc32)C1. The number of phenols is 1. The summed E-state index contributed by atoms with van der Waals surface area (Å²) in [6.07, 6.45) is 5.02. The Morgan fingerprint density at radius 2 is 2.00 bits per heavy atom. The Kier molecular flexibility index (Phi) is 3.76. The molecule has 2 heteroatoms. The molecule has 0 amide bonds. The summed E-state index contributed by atoms with van der Waals surface area (Å²) in [6, 6.07) is 7.12. The van der Waals surface area contributed by atoms with E-state index in [0.29, 0.717) is 17.8 Å². The first kappa shape index (κ1) is 13.9. The fourth-order valence-electron chi connectivity index (χ4n) is 4.28. The summed E-state index contributed by atoms with van der Waals surface area (Å²) in [5, 5.41) is 9.86. The molecule has 0 saturated carbocycles. The maximum Gasteiger partial charge on any atom is 0.115 e. The molecule has 110 valence electrons. The Labute approximate surface area is 122 Å². The van der Waals surface area contributed by atoms with E-state index in [1.807, 2.05) is 12.1 Å². The zero-order valence-electron chi connectivity index (χ0n) is 13.0. The highest BCUT2D eigenvalue weighted by Crippen LogP contribution is 2.41. The van der Waals surface area contributed by atoms with Gasteiger partial charge in [-0.3, -0.25) is 4.90 Å². The summed E-state index contributed by atoms with van der Waals surface area (Å²) in [4.78, 5) is 2.70. The number of benzene rings is 1. The summed E-state index contributed by atoms with van der Waals surface area (Å²) in [5.41, 5.74) is 2.82. The van der Waals surface area contributed by atoms with Gasteiger partial charge in [0.05, 0.1) is 0 Å². The molecule has 1 aromatic rings. The van der Waals surface area contributed by atoms with Gasteiger partial charge in [0, 0.05) is 18.6 Å². The predicted molar refractivity (Wildman–Crippen MR) is 82.9 cm³/mol. The standard InChI is InChI=1S/C18H27NO/c1-12-9-13(2)14(3)19(11-12)18-6-4-5-15-7-8-16(20)10-17(15)18/h7-8,10,12-14,18,20H,4-6,9,11H2,1-3H3. The maximum atomic E-state index is 9.86. The molecular weight excluding hydrogens is 246 g/mol. The van der Waals surface area contributed by atoms with E-state index in [1.54, 1.807) is 0 Å². The molecule has 1 aliphatic heterocycles. The number of rotatable bonds is 1. The van der Waals surface area contributed by atoms with Gasteiger partial charge in [-0.2, -0.15) is 0 Å². The van der Waals surface area contributed by atoms with E-state index in [-0.39, 0.29) is 0 Å². The van der Waals surface area contributed by atoms with Crippen molar-refractivity contribution in [3.8, 4) is 5.75 Å². The van der Waals surface area contributed by atoms with Crippen LogP contribution < -0.4 is 0 Å². The largest absolute Gasteiger partial charge is 0.508 e. The first-order valence-corrected chi connectivity index (χ1v) is 8.13. The average Bonchev–Trinajstić information content (AvgIpc) is 2.42. The minimum absolute atomic E-state index is 0.418. The zero-order valence-corrected chi connectivity index (χ0v) is 13.0. The molecule has 20 heavy (non-hydrogen) atoms. The van der Waals surface area contributed by atoms with Crippen LogP contribution in [0, 0.1) is 11.8 Å². The van der Waals surface area contributed by atoms with Gasteiger partial charge in [0.15, 0.2) is 0 Å². The van der Waals surface area contributed by atoms with Crippen molar-refractivity contribution in [1.82, 2.24) is 4.90 Å². The van der Waals surface area contributed by atoms with Gasteiger partial charge in [-0.1, -0.05) is 19.9 Å². The molecule has 0 bridgehead atoms. The van der Waals surface area contributed by atoms with Crippen LogP contribution in [0.5, 0.6) is 5.75 Å². The Hall–Kier alpha value is -1.02. The second-order valence-corrected chi connectivity index (χ2v) is 7.05. The van der Waals surface area contributed by atoms with Crippen LogP contribution in [0.3, 0.4) is 0 Å². The lowest BCUT2D eigenvalue weighted by Gasteiger charge is -2.47. The highest BCUT2D eigenvalue weighted by molar-refractivity contribution is 5.38. The van der Waals surface area contributed by atoms with E-state index in [4.69, 9.17) is 0 Å². The lowest BCUT2D eigenvalue weighted by Crippen LogP contribution is -2.48. The number of nitrogens with zero attached hydrogens (tertiary/aromatic N) is 1. The van der Waals surface area contributed by atoms with Gasteiger partial charge in [0.2, 0.25) is 0 Å². The van der Waals surface area contributed by atoms with Crippen molar-refractivity contribution in [2.45, 2.75) is 58.5 Å². The number of phenolic OH excluding ortho intramolecular Hbond substituents is 1. The van der Waals surface area contributed by atoms with Crippen molar-refractivity contribution >= 4 is 0 Å². The van der Waals surface area contributed by atoms with E-state index >= 15 is 0 Å². The molecule has 1 aliphatic carbocycles. The van der Waals surface area contributed by atoms with Crippen molar-refractivity contribution < 1.29 is 5.11 Å². The van der Waals surface area contributed by atoms with Crippen LogP contribution in [-0.2, 0) is 6.42 Å². The van der Waals surface area contributed by atoms with Crippen molar-refractivity contribution in [3.63, 3.8) is 0 Å². The van der Waals surface area contributed by atoms with E-state index in [1.165, 1.54) is 43.4 Å². The zero-order chi connectivity index (χ0) is 14.3. The Balaban J connectivity index is 1.93. The van der Waals surface area contributed by atoms with E-state index in [2.05, 4.69) is 31.7 Å². The fraction of sp³-hybridized carbons (Fsp3) is 0.667. The molecule has 1 saturated heterocycles. The Bertz CT molecular complexity index is 484. The number of hydrogen-bond donors (Lipinski definition) is 1. The second-order valence-electron chi connectivity index (χ2n) is 7.05. The third-order valence-corrected chi connectivity index (χ3v) is 5.46. The van der Waals surface area contributed by atoms with Crippen molar-refractivity contribution in [2.24, 2.45) is 11.8 Å². The van der Waals surface area contributed by atoms with Gasteiger partial charge in [0.25, 0.3) is 0 Å². The van der Waals surface area contributed by atoms with E-state index in [9.17, 15) is 5.11 Å². The monoisotopic (exact) mass is 273 g/mol. The predicted octanol–water partition coefficient (Wildman–Crippen LogP) is 4.14.